The monoisotopic (exact) mass is 433 g/mol. The van der Waals surface area contributed by atoms with Crippen LogP contribution in [-0.4, -0.2) is 14.9 Å². The van der Waals surface area contributed by atoms with Crippen molar-refractivity contribution in [2.75, 3.05) is 10.6 Å². The number of rotatable bonds is 5. The number of aromatic nitrogens is 2. The van der Waals surface area contributed by atoms with Gasteiger partial charge >= 0.3 is 5.69 Å². The van der Waals surface area contributed by atoms with Crippen LogP contribution in [0.1, 0.15) is 5.56 Å². The van der Waals surface area contributed by atoms with Gasteiger partial charge in [-0.15, -0.1) is 0 Å². The first-order chi connectivity index (χ1) is 12.5. The highest BCUT2D eigenvalue weighted by molar-refractivity contribution is 9.10. The summed E-state index contributed by atoms with van der Waals surface area (Å²) in [6, 6.07) is 12.5. The number of nitro groups is 1. The third kappa shape index (κ3) is 3.92. The molecule has 26 heavy (non-hydrogen) atoms. The lowest BCUT2D eigenvalue weighted by atomic mass is 10.2. The SMILES string of the molecule is Cc1c(Cl)cccc1Nc1ncnc(Nc2ccc(Br)cc2)c1[N+](=O)[O-]. The Labute approximate surface area is 162 Å². The molecule has 3 aromatic rings. The molecule has 0 aliphatic rings. The average molecular weight is 435 g/mol. The minimum absolute atomic E-state index is 0.0787. The second-order valence-electron chi connectivity index (χ2n) is 5.35. The number of halogens is 2. The van der Waals surface area contributed by atoms with Crippen LogP contribution in [0.2, 0.25) is 5.02 Å². The summed E-state index contributed by atoms with van der Waals surface area (Å²) >= 11 is 9.46. The fourth-order valence-corrected chi connectivity index (χ4v) is 2.71. The van der Waals surface area contributed by atoms with Gasteiger partial charge in [0.05, 0.1) is 4.92 Å². The van der Waals surface area contributed by atoms with E-state index in [1.807, 2.05) is 19.1 Å². The summed E-state index contributed by atoms with van der Waals surface area (Å²) in [5, 5.41) is 18.1. The van der Waals surface area contributed by atoms with Crippen molar-refractivity contribution in [3.05, 3.63) is 74.0 Å². The van der Waals surface area contributed by atoms with Crippen molar-refractivity contribution in [3.63, 3.8) is 0 Å². The van der Waals surface area contributed by atoms with Crippen LogP contribution < -0.4 is 10.6 Å². The number of hydrogen-bond donors (Lipinski definition) is 2. The highest BCUT2D eigenvalue weighted by Crippen LogP contribution is 2.34. The number of nitrogens with one attached hydrogen (secondary N) is 2. The maximum atomic E-state index is 11.6. The number of nitrogens with zero attached hydrogens (tertiary/aromatic N) is 3. The van der Waals surface area contributed by atoms with Crippen molar-refractivity contribution in [2.45, 2.75) is 6.92 Å². The molecule has 0 spiro atoms. The van der Waals surface area contributed by atoms with Gasteiger partial charge in [-0.2, -0.15) is 0 Å². The van der Waals surface area contributed by atoms with Gasteiger partial charge in [0, 0.05) is 20.9 Å². The molecule has 0 aliphatic heterocycles. The van der Waals surface area contributed by atoms with E-state index in [4.69, 9.17) is 11.6 Å². The van der Waals surface area contributed by atoms with E-state index in [2.05, 4.69) is 36.5 Å². The molecule has 0 aliphatic carbocycles. The molecule has 0 saturated carbocycles. The lowest BCUT2D eigenvalue weighted by Gasteiger charge is -2.12. The van der Waals surface area contributed by atoms with Crippen LogP contribution in [0.15, 0.2) is 53.3 Å². The summed E-state index contributed by atoms with van der Waals surface area (Å²) in [7, 11) is 0. The van der Waals surface area contributed by atoms with E-state index in [0.29, 0.717) is 16.4 Å². The van der Waals surface area contributed by atoms with E-state index < -0.39 is 4.92 Å². The molecule has 1 heterocycles. The molecule has 2 aromatic carbocycles. The summed E-state index contributed by atoms with van der Waals surface area (Å²) in [5.41, 5.74) is 1.81. The number of hydrogen-bond acceptors (Lipinski definition) is 6. The summed E-state index contributed by atoms with van der Waals surface area (Å²) in [5.74, 6) is 0.171. The highest BCUT2D eigenvalue weighted by Gasteiger charge is 2.23. The van der Waals surface area contributed by atoms with Gasteiger partial charge in [0.15, 0.2) is 0 Å². The normalized spacial score (nSPS) is 10.4. The van der Waals surface area contributed by atoms with Gasteiger partial charge in [-0.25, -0.2) is 9.97 Å². The van der Waals surface area contributed by atoms with E-state index >= 15 is 0 Å². The van der Waals surface area contributed by atoms with Gasteiger partial charge < -0.3 is 10.6 Å². The first-order valence-corrected chi connectivity index (χ1v) is 8.67. The third-order valence-electron chi connectivity index (χ3n) is 3.63. The summed E-state index contributed by atoms with van der Waals surface area (Å²) in [4.78, 5) is 19.2. The Balaban J connectivity index is 1.99. The zero-order valence-electron chi connectivity index (χ0n) is 13.5. The number of anilines is 4. The number of benzene rings is 2. The zero-order chi connectivity index (χ0) is 18.7. The molecule has 0 saturated heterocycles. The molecule has 1 aromatic heterocycles. The second-order valence-corrected chi connectivity index (χ2v) is 6.67. The Bertz CT molecular complexity index is 966. The van der Waals surface area contributed by atoms with Gasteiger partial charge in [0.1, 0.15) is 6.33 Å². The Kier molecular flexibility index (Phi) is 5.34. The van der Waals surface area contributed by atoms with Gasteiger partial charge in [-0.3, -0.25) is 10.1 Å². The van der Waals surface area contributed by atoms with Gasteiger partial charge in [0.25, 0.3) is 0 Å². The van der Waals surface area contributed by atoms with Gasteiger partial charge in [0.2, 0.25) is 11.6 Å². The first-order valence-electron chi connectivity index (χ1n) is 7.50. The molecule has 0 atom stereocenters. The molecule has 0 amide bonds. The molecule has 0 fully saturated rings. The predicted octanol–water partition coefficient (Wildman–Crippen LogP) is 5.60. The second kappa shape index (κ2) is 7.67. The Morgan fingerprint density at radius 2 is 1.73 bits per heavy atom. The van der Waals surface area contributed by atoms with Crippen molar-refractivity contribution in [2.24, 2.45) is 0 Å². The van der Waals surface area contributed by atoms with Gasteiger partial charge in [-0.05, 0) is 48.9 Å². The lowest BCUT2D eigenvalue weighted by molar-refractivity contribution is -0.383. The minimum Gasteiger partial charge on any atom is -0.334 e. The summed E-state index contributed by atoms with van der Waals surface area (Å²) in [6.45, 7) is 1.82. The fraction of sp³-hybridized carbons (Fsp3) is 0.0588. The van der Waals surface area contributed by atoms with Crippen LogP contribution in [0, 0.1) is 17.0 Å². The van der Waals surface area contributed by atoms with Crippen LogP contribution in [0.4, 0.5) is 28.7 Å². The molecular formula is C17H13BrClN5O2. The minimum atomic E-state index is -0.524. The largest absolute Gasteiger partial charge is 0.353 e. The maximum Gasteiger partial charge on any atom is 0.353 e. The predicted molar refractivity (Wildman–Crippen MR) is 106 cm³/mol. The molecule has 3 rings (SSSR count). The van der Waals surface area contributed by atoms with Crippen molar-refractivity contribution in [1.29, 1.82) is 0 Å². The standard InChI is InChI=1S/C17H13BrClN5O2/c1-10-13(19)3-2-4-14(10)23-17-15(24(25)26)16(20-9-21-17)22-12-7-5-11(18)6-8-12/h2-9H,1H3,(H2,20,21,22,23). The van der Waals surface area contributed by atoms with Crippen LogP contribution >= 0.6 is 27.5 Å². The summed E-state index contributed by atoms with van der Waals surface area (Å²) in [6.07, 6.45) is 1.26. The van der Waals surface area contributed by atoms with Crippen molar-refractivity contribution in [3.8, 4) is 0 Å². The van der Waals surface area contributed by atoms with Crippen molar-refractivity contribution >= 4 is 56.2 Å². The molecule has 0 radical (unpaired) electrons. The van der Waals surface area contributed by atoms with E-state index in [-0.39, 0.29) is 17.3 Å². The highest BCUT2D eigenvalue weighted by atomic mass is 79.9. The molecule has 7 nitrogen and oxygen atoms in total. The van der Waals surface area contributed by atoms with Crippen LogP contribution in [0.25, 0.3) is 0 Å². The smallest absolute Gasteiger partial charge is 0.334 e. The van der Waals surface area contributed by atoms with E-state index in [1.54, 1.807) is 30.3 Å². The van der Waals surface area contributed by atoms with Crippen molar-refractivity contribution in [1.82, 2.24) is 9.97 Å². The van der Waals surface area contributed by atoms with Crippen LogP contribution in [0.5, 0.6) is 0 Å². The summed E-state index contributed by atoms with van der Waals surface area (Å²) < 4.78 is 0.902. The molecule has 0 bridgehead atoms. The van der Waals surface area contributed by atoms with Crippen LogP contribution in [-0.2, 0) is 0 Å². The maximum absolute atomic E-state index is 11.6. The average Bonchev–Trinajstić information content (AvgIpc) is 2.61. The Morgan fingerprint density at radius 3 is 2.38 bits per heavy atom. The third-order valence-corrected chi connectivity index (χ3v) is 4.57. The Hall–Kier alpha value is -2.71. The topological polar surface area (TPSA) is 93.0 Å². The van der Waals surface area contributed by atoms with E-state index in [1.165, 1.54) is 6.33 Å². The lowest BCUT2D eigenvalue weighted by Crippen LogP contribution is -2.06. The van der Waals surface area contributed by atoms with Crippen molar-refractivity contribution < 1.29 is 4.92 Å². The quantitative estimate of drug-likeness (QED) is 0.401. The van der Waals surface area contributed by atoms with Crippen LogP contribution in [0.3, 0.4) is 0 Å². The van der Waals surface area contributed by atoms with E-state index in [0.717, 1.165) is 10.0 Å². The molecule has 132 valence electrons. The molecule has 0 unspecified atom stereocenters. The molecule has 9 heteroatoms. The molecule has 2 N–H and O–H groups in total. The first kappa shape index (κ1) is 18.1. The molecular weight excluding hydrogens is 422 g/mol. The Morgan fingerprint density at radius 1 is 1.08 bits per heavy atom. The zero-order valence-corrected chi connectivity index (χ0v) is 15.9. The van der Waals surface area contributed by atoms with E-state index in [9.17, 15) is 10.1 Å². The van der Waals surface area contributed by atoms with Gasteiger partial charge in [-0.1, -0.05) is 33.6 Å². The fourth-order valence-electron chi connectivity index (χ4n) is 2.28.